The molecule has 0 atom stereocenters. The second-order valence-corrected chi connectivity index (χ2v) is 19.1. The van der Waals surface area contributed by atoms with E-state index >= 15 is 0 Å². The topological polar surface area (TPSA) is 123 Å². The number of carbonyl (C=O) groups is 4. The van der Waals surface area contributed by atoms with Crippen LogP contribution in [0.2, 0.25) is 0 Å². The molecule has 66 heavy (non-hydrogen) atoms. The van der Waals surface area contributed by atoms with Gasteiger partial charge in [-0.15, -0.1) is 0 Å². The van der Waals surface area contributed by atoms with Gasteiger partial charge in [0, 0.05) is 39.1 Å². The minimum absolute atomic E-state index is 0.122. The molecule has 0 aliphatic rings. The Labute approximate surface area is 409 Å². The van der Waals surface area contributed by atoms with Gasteiger partial charge in [0.25, 0.3) is 6.47 Å². The smallest absolute Gasteiger partial charge is 0.305 e. The van der Waals surface area contributed by atoms with Crippen LogP contribution in [-0.4, -0.2) is 135 Å². The van der Waals surface area contributed by atoms with Crippen LogP contribution in [-0.2, 0) is 23.9 Å². The highest BCUT2D eigenvalue weighted by atomic mass is 16.5. The molecule has 2 N–H and O–H groups in total. The number of carbonyl (C=O) groups excluding carboxylic acids is 3. The summed E-state index contributed by atoms with van der Waals surface area (Å²) in [4.78, 5) is 55.4. The standard InChI is InChI=1S/C54H109N5O4.CH2O2/c1-6-10-14-18-22-28-33-41-56(42-34-29-23-19-15-11-7-2)46-38-47-59(48-40-55-52-60)53(61)51-58(45-37-31-25-26-32-39-54(62)63-5)50-49-57(43-35-27-21-17-13-9-4)44-36-30-24-20-16-12-8-3;2-1-3/h52H,6-51H2,1-5H3,(H,55,60);1H,(H,2,3). The van der Waals surface area contributed by atoms with Gasteiger partial charge >= 0.3 is 5.97 Å². The van der Waals surface area contributed by atoms with E-state index in [1.165, 1.54) is 180 Å². The zero-order valence-corrected chi connectivity index (χ0v) is 44.5. The molecule has 0 fully saturated rings. The fourth-order valence-electron chi connectivity index (χ4n) is 8.85. The third-order valence-electron chi connectivity index (χ3n) is 13.1. The van der Waals surface area contributed by atoms with Crippen molar-refractivity contribution >= 4 is 24.8 Å². The van der Waals surface area contributed by atoms with Crippen LogP contribution in [0.1, 0.15) is 246 Å². The van der Waals surface area contributed by atoms with Gasteiger partial charge < -0.3 is 29.9 Å². The molecule has 0 bridgehead atoms. The van der Waals surface area contributed by atoms with Crippen LogP contribution in [0.5, 0.6) is 0 Å². The summed E-state index contributed by atoms with van der Waals surface area (Å²) >= 11 is 0. The first-order valence-electron chi connectivity index (χ1n) is 28.1. The summed E-state index contributed by atoms with van der Waals surface area (Å²) in [6.45, 7) is 19.6. The van der Waals surface area contributed by atoms with Gasteiger partial charge in [0.1, 0.15) is 0 Å². The van der Waals surface area contributed by atoms with E-state index in [2.05, 4.69) is 47.7 Å². The normalized spacial score (nSPS) is 11.3. The summed E-state index contributed by atoms with van der Waals surface area (Å²) in [5.74, 6) is 0.0738. The molecule has 0 aliphatic carbocycles. The highest BCUT2D eigenvalue weighted by Crippen LogP contribution is 2.14. The van der Waals surface area contributed by atoms with Gasteiger partial charge in [-0.05, 0) is 84.2 Å². The molecular weight excluding hydrogens is 827 g/mol. The Balaban J connectivity index is 0. The molecule has 0 spiro atoms. The van der Waals surface area contributed by atoms with Gasteiger partial charge in [-0.1, -0.05) is 195 Å². The van der Waals surface area contributed by atoms with Crippen molar-refractivity contribution in [2.45, 2.75) is 246 Å². The number of rotatable bonds is 52. The number of esters is 1. The zero-order valence-electron chi connectivity index (χ0n) is 44.5. The Bertz CT molecular complexity index is 1000. The third-order valence-corrected chi connectivity index (χ3v) is 13.1. The van der Waals surface area contributed by atoms with Gasteiger partial charge in [-0.25, -0.2) is 0 Å². The lowest BCUT2D eigenvalue weighted by Gasteiger charge is -2.31. The number of nitrogens with zero attached hydrogens (tertiary/aromatic N) is 4. The second kappa shape index (κ2) is 55.4. The maximum atomic E-state index is 14.3. The largest absolute Gasteiger partial charge is 0.483 e. The van der Waals surface area contributed by atoms with E-state index in [9.17, 15) is 14.4 Å². The van der Waals surface area contributed by atoms with E-state index in [-0.39, 0.29) is 18.3 Å². The monoisotopic (exact) mass is 938 g/mol. The first-order valence-corrected chi connectivity index (χ1v) is 28.1. The van der Waals surface area contributed by atoms with Crippen molar-refractivity contribution in [2.24, 2.45) is 0 Å². The summed E-state index contributed by atoms with van der Waals surface area (Å²) in [6.07, 6.45) is 43.2. The minimum Gasteiger partial charge on any atom is -0.483 e. The predicted octanol–water partition coefficient (Wildman–Crippen LogP) is 12.7. The number of nitrogens with one attached hydrogen (secondary N) is 1. The first kappa shape index (κ1) is 65.8. The molecule has 0 rings (SSSR count). The second-order valence-electron chi connectivity index (χ2n) is 19.1. The van der Waals surface area contributed by atoms with Crippen LogP contribution in [0, 0.1) is 0 Å². The maximum Gasteiger partial charge on any atom is 0.305 e. The molecule has 0 aromatic carbocycles. The number of hydrogen-bond donors (Lipinski definition) is 2. The number of ether oxygens (including phenoxy) is 1. The lowest BCUT2D eigenvalue weighted by atomic mass is 10.1. The fraction of sp³-hybridized carbons (Fsp3) is 0.927. The van der Waals surface area contributed by atoms with E-state index in [0.29, 0.717) is 26.1 Å². The summed E-state index contributed by atoms with van der Waals surface area (Å²) in [7, 11) is 1.46. The van der Waals surface area contributed by atoms with E-state index in [0.717, 1.165) is 104 Å². The van der Waals surface area contributed by atoms with Crippen molar-refractivity contribution in [1.82, 2.24) is 24.9 Å². The van der Waals surface area contributed by atoms with E-state index in [1.54, 1.807) is 0 Å². The first-order chi connectivity index (χ1) is 32.4. The van der Waals surface area contributed by atoms with Gasteiger partial charge in [0.15, 0.2) is 0 Å². The van der Waals surface area contributed by atoms with E-state index in [1.807, 2.05) is 4.90 Å². The Morgan fingerprint density at radius 2 is 0.742 bits per heavy atom. The van der Waals surface area contributed by atoms with Crippen LogP contribution >= 0.6 is 0 Å². The summed E-state index contributed by atoms with van der Waals surface area (Å²) in [5.41, 5.74) is 0. The van der Waals surface area contributed by atoms with Crippen molar-refractivity contribution in [3.05, 3.63) is 0 Å². The SMILES string of the molecule is CCCCCCCCCN(CCCCCCCCC)CCCN(CCNC=O)C(=O)CN(CCCCCCCC(=O)OC)CCN(CCCCCCCC)CCCCCCCCC.O=CO. The van der Waals surface area contributed by atoms with Crippen molar-refractivity contribution in [3.8, 4) is 0 Å². The molecule has 0 heterocycles. The summed E-state index contributed by atoms with van der Waals surface area (Å²) in [6, 6.07) is 0. The molecule has 0 unspecified atom stereocenters. The zero-order chi connectivity index (χ0) is 48.8. The Morgan fingerprint density at radius 3 is 1.12 bits per heavy atom. The third kappa shape index (κ3) is 48.2. The average Bonchev–Trinajstić information content (AvgIpc) is 3.31. The minimum atomic E-state index is -0.250. The number of amides is 2. The number of hydrogen-bond acceptors (Lipinski definition) is 8. The van der Waals surface area contributed by atoms with E-state index in [4.69, 9.17) is 14.6 Å². The van der Waals surface area contributed by atoms with Crippen molar-refractivity contribution < 1.29 is 29.0 Å². The Kier molecular flexibility index (Phi) is 55.2. The number of methoxy groups -OCH3 is 1. The molecule has 0 radical (unpaired) electrons. The molecule has 0 aliphatic heterocycles. The fourth-order valence-corrected chi connectivity index (χ4v) is 8.85. The molecule has 2 amide bonds. The molecule has 11 nitrogen and oxygen atoms in total. The van der Waals surface area contributed by atoms with Gasteiger partial charge in [0.2, 0.25) is 12.3 Å². The molecule has 392 valence electrons. The van der Waals surface area contributed by atoms with Crippen molar-refractivity contribution in [2.75, 3.05) is 85.6 Å². The van der Waals surface area contributed by atoms with Crippen LogP contribution in [0.4, 0.5) is 0 Å². The predicted molar refractivity (Wildman–Crippen MR) is 280 cm³/mol. The van der Waals surface area contributed by atoms with Gasteiger partial charge in [-0.2, -0.15) is 0 Å². The summed E-state index contributed by atoms with van der Waals surface area (Å²) < 4.78 is 4.83. The summed E-state index contributed by atoms with van der Waals surface area (Å²) in [5, 5.41) is 9.73. The number of carboxylic acid groups (broad SMARTS) is 1. The maximum absolute atomic E-state index is 14.3. The molecule has 0 saturated carbocycles. The Morgan fingerprint density at radius 1 is 0.424 bits per heavy atom. The van der Waals surface area contributed by atoms with Crippen molar-refractivity contribution in [1.29, 1.82) is 0 Å². The van der Waals surface area contributed by atoms with Crippen LogP contribution in [0.3, 0.4) is 0 Å². The molecule has 0 aromatic rings. The van der Waals surface area contributed by atoms with Crippen LogP contribution < -0.4 is 5.32 Å². The lowest BCUT2D eigenvalue weighted by Crippen LogP contribution is -2.46. The average molecular weight is 939 g/mol. The quantitative estimate of drug-likeness (QED) is 0.0349. The van der Waals surface area contributed by atoms with Gasteiger partial charge in [0.05, 0.1) is 13.7 Å². The van der Waals surface area contributed by atoms with Gasteiger partial charge in [-0.3, -0.25) is 24.1 Å². The highest BCUT2D eigenvalue weighted by Gasteiger charge is 2.19. The molecule has 11 heteroatoms. The highest BCUT2D eigenvalue weighted by molar-refractivity contribution is 5.78. The van der Waals surface area contributed by atoms with E-state index < -0.39 is 0 Å². The van der Waals surface area contributed by atoms with Crippen LogP contribution in [0.25, 0.3) is 0 Å². The Hall–Kier alpha value is -2.24. The number of unbranched alkanes of at least 4 members (excludes halogenated alkanes) is 27. The van der Waals surface area contributed by atoms with Crippen LogP contribution in [0.15, 0.2) is 0 Å². The molecule has 0 aromatic heterocycles. The molecular formula is C55H111N5O6. The van der Waals surface area contributed by atoms with Crippen molar-refractivity contribution in [3.63, 3.8) is 0 Å². The lowest BCUT2D eigenvalue weighted by molar-refractivity contribution is -0.140. The molecule has 0 saturated heterocycles.